The molecule has 0 radical (unpaired) electrons. The Morgan fingerprint density at radius 1 is 1.33 bits per heavy atom. The molecule has 0 saturated carbocycles. The van der Waals surface area contributed by atoms with Crippen LogP contribution in [-0.4, -0.2) is 37.0 Å². The molecule has 1 aliphatic rings. The molecular formula is C13H18ClIN2O. The number of carbonyl (C=O) groups excluding carboxylic acids is 1. The van der Waals surface area contributed by atoms with Crippen molar-refractivity contribution in [2.24, 2.45) is 0 Å². The summed E-state index contributed by atoms with van der Waals surface area (Å²) >= 11 is 2.28. The van der Waals surface area contributed by atoms with Gasteiger partial charge in [-0.3, -0.25) is 4.79 Å². The van der Waals surface area contributed by atoms with Crippen LogP contribution in [0.15, 0.2) is 18.2 Å². The number of carbonyl (C=O) groups is 1. The van der Waals surface area contributed by atoms with Crippen molar-refractivity contribution in [2.45, 2.75) is 13.3 Å². The highest BCUT2D eigenvalue weighted by atomic mass is 127. The first-order valence-corrected chi connectivity index (χ1v) is 7.02. The fraction of sp³-hybridized carbons (Fsp3) is 0.462. The van der Waals surface area contributed by atoms with E-state index in [1.807, 2.05) is 23.1 Å². The van der Waals surface area contributed by atoms with E-state index < -0.39 is 0 Å². The van der Waals surface area contributed by atoms with E-state index in [1.165, 1.54) is 5.56 Å². The summed E-state index contributed by atoms with van der Waals surface area (Å²) < 4.78 is 1.15. The zero-order valence-corrected chi connectivity index (χ0v) is 13.4. The van der Waals surface area contributed by atoms with Crippen molar-refractivity contribution >= 4 is 40.9 Å². The summed E-state index contributed by atoms with van der Waals surface area (Å²) in [5.41, 5.74) is 2.03. The second-order valence-electron chi connectivity index (χ2n) is 4.36. The Hall–Kier alpha value is -0.330. The van der Waals surface area contributed by atoms with Crippen molar-refractivity contribution in [1.29, 1.82) is 0 Å². The van der Waals surface area contributed by atoms with Crippen LogP contribution in [0.1, 0.15) is 22.3 Å². The average molecular weight is 381 g/mol. The van der Waals surface area contributed by atoms with Crippen LogP contribution >= 0.6 is 35.0 Å². The lowest BCUT2D eigenvalue weighted by Gasteiger charge is -2.20. The Labute approximate surface area is 128 Å². The van der Waals surface area contributed by atoms with Gasteiger partial charge < -0.3 is 10.2 Å². The number of nitrogens with zero attached hydrogens (tertiary/aromatic N) is 1. The third-order valence-corrected chi connectivity index (χ3v) is 4.21. The summed E-state index contributed by atoms with van der Waals surface area (Å²) in [7, 11) is 0. The molecule has 5 heteroatoms. The smallest absolute Gasteiger partial charge is 0.253 e. The number of nitrogens with one attached hydrogen (secondary N) is 1. The Morgan fingerprint density at radius 3 is 2.83 bits per heavy atom. The zero-order valence-electron chi connectivity index (χ0n) is 10.4. The van der Waals surface area contributed by atoms with Gasteiger partial charge in [0.2, 0.25) is 0 Å². The molecule has 0 spiro atoms. The number of benzene rings is 1. The SMILES string of the molecule is Cc1ccc(C(=O)N2CCCNCC2)cc1I.Cl. The number of rotatable bonds is 1. The van der Waals surface area contributed by atoms with E-state index in [0.717, 1.165) is 41.7 Å². The zero-order chi connectivity index (χ0) is 12.3. The molecule has 1 N–H and O–H groups in total. The highest BCUT2D eigenvalue weighted by molar-refractivity contribution is 14.1. The van der Waals surface area contributed by atoms with Crippen molar-refractivity contribution in [3.05, 3.63) is 32.9 Å². The van der Waals surface area contributed by atoms with Crippen molar-refractivity contribution in [2.75, 3.05) is 26.2 Å². The molecule has 0 unspecified atom stereocenters. The van der Waals surface area contributed by atoms with Crippen molar-refractivity contribution in [1.82, 2.24) is 10.2 Å². The molecule has 3 nitrogen and oxygen atoms in total. The van der Waals surface area contributed by atoms with Crippen LogP contribution in [0.4, 0.5) is 0 Å². The minimum Gasteiger partial charge on any atom is -0.337 e. The standard InChI is InChI=1S/C13H17IN2O.ClH/c1-10-3-4-11(9-12(10)14)13(17)16-7-2-5-15-6-8-16;/h3-4,9,15H,2,5-8H2,1H3;1H. The van der Waals surface area contributed by atoms with Crippen LogP contribution in [0.5, 0.6) is 0 Å². The molecule has 1 aliphatic heterocycles. The van der Waals surface area contributed by atoms with Gasteiger partial charge in [-0.05, 0) is 60.2 Å². The molecule has 18 heavy (non-hydrogen) atoms. The predicted molar refractivity (Wildman–Crippen MR) is 84.5 cm³/mol. The lowest BCUT2D eigenvalue weighted by molar-refractivity contribution is 0.0766. The minimum atomic E-state index is 0. The number of aryl methyl sites for hydroxylation is 1. The Morgan fingerprint density at radius 2 is 2.11 bits per heavy atom. The third kappa shape index (κ3) is 3.83. The molecule has 1 saturated heterocycles. The van der Waals surface area contributed by atoms with Crippen LogP contribution in [0.2, 0.25) is 0 Å². The fourth-order valence-corrected chi connectivity index (χ4v) is 2.47. The van der Waals surface area contributed by atoms with Gasteiger partial charge in [0.05, 0.1) is 0 Å². The molecule has 1 aromatic rings. The Kier molecular flexibility index (Phi) is 6.38. The molecule has 0 bridgehead atoms. The first-order valence-electron chi connectivity index (χ1n) is 5.94. The first-order chi connectivity index (χ1) is 8.18. The van der Waals surface area contributed by atoms with Gasteiger partial charge in [-0.2, -0.15) is 0 Å². The molecule has 2 rings (SSSR count). The minimum absolute atomic E-state index is 0. The molecule has 1 heterocycles. The van der Waals surface area contributed by atoms with Gasteiger partial charge >= 0.3 is 0 Å². The van der Waals surface area contributed by atoms with E-state index in [0.29, 0.717) is 0 Å². The van der Waals surface area contributed by atoms with Crippen molar-refractivity contribution < 1.29 is 4.79 Å². The van der Waals surface area contributed by atoms with E-state index in [-0.39, 0.29) is 18.3 Å². The molecule has 1 fully saturated rings. The van der Waals surface area contributed by atoms with E-state index in [1.54, 1.807) is 0 Å². The highest BCUT2D eigenvalue weighted by Crippen LogP contribution is 2.15. The van der Waals surface area contributed by atoms with Gasteiger partial charge in [0.25, 0.3) is 5.91 Å². The molecular weight excluding hydrogens is 363 g/mol. The lowest BCUT2D eigenvalue weighted by atomic mass is 10.1. The number of hydrogen-bond donors (Lipinski definition) is 1. The van der Waals surface area contributed by atoms with E-state index in [2.05, 4.69) is 34.8 Å². The Balaban J connectivity index is 0.00000162. The van der Waals surface area contributed by atoms with Crippen LogP contribution in [-0.2, 0) is 0 Å². The highest BCUT2D eigenvalue weighted by Gasteiger charge is 2.17. The van der Waals surface area contributed by atoms with Gasteiger partial charge in [0.15, 0.2) is 0 Å². The summed E-state index contributed by atoms with van der Waals surface area (Å²) in [5.74, 6) is 0.159. The van der Waals surface area contributed by atoms with Gasteiger partial charge in [-0.15, -0.1) is 12.4 Å². The van der Waals surface area contributed by atoms with Gasteiger partial charge in [0.1, 0.15) is 0 Å². The molecule has 0 aliphatic carbocycles. The summed E-state index contributed by atoms with van der Waals surface area (Å²) in [6, 6.07) is 5.93. The van der Waals surface area contributed by atoms with Gasteiger partial charge in [-0.1, -0.05) is 6.07 Å². The monoisotopic (exact) mass is 380 g/mol. The van der Waals surface area contributed by atoms with E-state index >= 15 is 0 Å². The normalized spacial score (nSPS) is 15.8. The lowest BCUT2D eigenvalue weighted by Crippen LogP contribution is -2.34. The predicted octanol–water partition coefficient (Wildman–Crippen LogP) is 2.46. The average Bonchev–Trinajstić information content (AvgIpc) is 2.60. The van der Waals surface area contributed by atoms with Crippen LogP contribution in [0, 0.1) is 10.5 Å². The van der Waals surface area contributed by atoms with Crippen LogP contribution in [0.3, 0.4) is 0 Å². The van der Waals surface area contributed by atoms with Crippen molar-refractivity contribution in [3.63, 3.8) is 0 Å². The summed E-state index contributed by atoms with van der Waals surface area (Å²) in [4.78, 5) is 14.3. The number of amides is 1. The second kappa shape index (κ2) is 7.31. The van der Waals surface area contributed by atoms with Gasteiger partial charge in [-0.25, -0.2) is 0 Å². The maximum atomic E-state index is 12.3. The molecule has 1 aromatic carbocycles. The maximum Gasteiger partial charge on any atom is 0.253 e. The maximum absolute atomic E-state index is 12.3. The second-order valence-corrected chi connectivity index (χ2v) is 5.52. The first kappa shape index (κ1) is 15.7. The van der Waals surface area contributed by atoms with Crippen LogP contribution in [0.25, 0.3) is 0 Å². The molecule has 1 amide bonds. The largest absolute Gasteiger partial charge is 0.337 e. The fourth-order valence-electron chi connectivity index (χ4n) is 1.96. The van der Waals surface area contributed by atoms with Crippen LogP contribution < -0.4 is 5.32 Å². The topological polar surface area (TPSA) is 32.3 Å². The summed E-state index contributed by atoms with van der Waals surface area (Å²) in [6.45, 7) is 5.63. The van der Waals surface area contributed by atoms with E-state index in [9.17, 15) is 4.79 Å². The molecule has 100 valence electrons. The summed E-state index contributed by atoms with van der Waals surface area (Å²) in [6.07, 6.45) is 1.04. The van der Waals surface area contributed by atoms with Gasteiger partial charge in [0, 0.05) is 28.8 Å². The van der Waals surface area contributed by atoms with E-state index in [4.69, 9.17) is 0 Å². The quantitative estimate of drug-likeness (QED) is 0.759. The number of hydrogen-bond acceptors (Lipinski definition) is 2. The number of halogens is 2. The summed E-state index contributed by atoms with van der Waals surface area (Å²) in [5, 5.41) is 3.31. The van der Waals surface area contributed by atoms with Crippen molar-refractivity contribution in [3.8, 4) is 0 Å². The third-order valence-electron chi connectivity index (χ3n) is 3.05. The Bertz CT molecular complexity index is 417. The molecule has 0 atom stereocenters. The molecule has 0 aromatic heterocycles.